The number of rotatable bonds is 8. The summed E-state index contributed by atoms with van der Waals surface area (Å²) in [6.07, 6.45) is 5.26. The smallest absolute Gasteiger partial charge is 0.329 e. The van der Waals surface area contributed by atoms with Gasteiger partial charge in [-0.15, -0.1) is 0 Å². The molecule has 3 aliphatic heterocycles. The van der Waals surface area contributed by atoms with Gasteiger partial charge in [-0.25, -0.2) is 4.79 Å². The van der Waals surface area contributed by atoms with Gasteiger partial charge in [0, 0.05) is 52.0 Å². The van der Waals surface area contributed by atoms with Crippen LogP contribution in [0.2, 0.25) is 0 Å². The molecule has 0 aromatic carbocycles. The van der Waals surface area contributed by atoms with Crippen LogP contribution in [-0.2, 0) is 47.7 Å². The van der Waals surface area contributed by atoms with Crippen LogP contribution in [0.5, 0.6) is 0 Å². The number of fused-ring (bicyclic) bond motifs is 3. The second-order valence-corrected chi connectivity index (χ2v) is 17.5. The van der Waals surface area contributed by atoms with Crippen LogP contribution in [0, 0.1) is 29.6 Å². The van der Waals surface area contributed by atoms with E-state index in [-0.39, 0.29) is 55.6 Å². The summed E-state index contributed by atoms with van der Waals surface area (Å²) in [4.78, 5) is 69.0. The molecule has 0 spiro atoms. The van der Waals surface area contributed by atoms with E-state index in [0.717, 1.165) is 12.0 Å². The van der Waals surface area contributed by atoms with Gasteiger partial charge in [0.05, 0.1) is 30.5 Å². The SMILES string of the molecule is CC[C@@H]1/C=C(\C)C[C@H](C)C[C@H](OC)[C@H]2O[C@@](O)(C(=O)C(=O)N3CCCC[C@H]3C(=O)O[C@H](/C(C)=C/[C@@H]3CC[C@H](NC=O)[C@H](OC)C3)[C@H](C)[C@@H](O)CC1=O)[C@H](C)C[C@@H]2OC. The lowest BCUT2D eigenvalue weighted by atomic mass is 9.81. The Morgan fingerprint density at radius 3 is 2.28 bits per heavy atom. The molecule has 0 aromatic rings. The predicted molar refractivity (Wildman–Crippen MR) is 215 cm³/mol. The number of Topliss-reactive ketones (excluding diaryl/α,β-unsaturated/α-hetero) is 2. The lowest BCUT2D eigenvalue weighted by molar-refractivity contribution is -0.302. The van der Waals surface area contributed by atoms with Crippen molar-refractivity contribution in [3.8, 4) is 0 Å². The fourth-order valence-electron chi connectivity index (χ4n) is 9.69. The number of nitrogens with zero attached hydrogens (tertiary/aromatic N) is 1. The Kier molecular flexibility index (Phi) is 17.7. The number of cyclic esters (lactones) is 1. The molecule has 2 bridgehead atoms. The number of allylic oxidation sites excluding steroid dienone is 3. The van der Waals surface area contributed by atoms with Crippen LogP contribution < -0.4 is 5.32 Å². The van der Waals surface area contributed by atoms with Crippen molar-refractivity contribution in [2.24, 2.45) is 29.6 Å². The summed E-state index contributed by atoms with van der Waals surface area (Å²) in [5, 5.41) is 26.6. The van der Waals surface area contributed by atoms with Crippen molar-refractivity contribution in [1.82, 2.24) is 10.2 Å². The van der Waals surface area contributed by atoms with E-state index in [1.807, 2.05) is 39.8 Å². The molecule has 0 unspecified atom stereocenters. The fraction of sp³-hybridized carbons (Fsp3) is 0.795. The van der Waals surface area contributed by atoms with Crippen molar-refractivity contribution >= 4 is 29.9 Å². The van der Waals surface area contributed by atoms with E-state index in [0.29, 0.717) is 56.9 Å². The van der Waals surface area contributed by atoms with Crippen LogP contribution in [0.4, 0.5) is 0 Å². The molecule has 2 saturated heterocycles. The first-order valence-electron chi connectivity index (χ1n) is 21.3. The normalized spacial score (nSPS) is 40.4. The number of piperidine rings is 1. The summed E-state index contributed by atoms with van der Waals surface area (Å²) in [5.74, 6) is -7.55. The number of aliphatic hydroxyl groups is 2. The number of hydrogen-bond donors (Lipinski definition) is 3. The molecule has 0 radical (unpaired) electrons. The number of ketones is 2. The molecule has 0 aromatic heterocycles. The molecule has 3 fully saturated rings. The largest absolute Gasteiger partial charge is 0.456 e. The van der Waals surface area contributed by atoms with E-state index in [1.54, 1.807) is 21.0 Å². The Labute approximate surface area is 344 Å². The zero-order chi connectivity index (χ0) is 42.9. The maximum atomic E-state index is 14.3. The van der Waals surface area contributed by atoms with Crippen LogP contribution in [0.1, 0.15) is 112 Å². The maximum Gasteiger partial charge on any atom is 0.329 e. The summed E-state index contributed by atoms with van der Waals surface area (Å²) >= 11 is 0. The molecule has 3 N–H and O–H groups in total. The first-order valence-corrected chi connectivity index (χ1v) is 21.3. The number of amides is 2. The Morgan fingerprint density at radius 2 is 1.64 bits per heavy atom. The van der Waals surface area contributed by atoms with Crippen molar-refractivity contribution in [3.05, 3.63) is 23.3 Å². The minimum absolute atomic E-state index is 0.00675. The summed E-state index contributed by atoms with van der Waals surface area (Å²) in [6, 6.07) is -1.27. The number of esters is 1. The van der Waals surface area contributed by atoms with Crippen LogP contribution in [0.3, 0.4) is 0 Å². The average Bonchev–Trinajstić information content (AvgIpc) is 3.20. The van der Waals surface area contributed by atoms with Crippen LogP contribution >= 0.6 is 0 Å². The van der Waals surface area contributed by atoms with Crippen molar-refractivity contribution < 1.29 is 57.9 Å². The fourth-order valence-corrected chi connectivity index (χ4v) is 9.69. The number of ether oxygens (including phenoxy) is 5. The number of hydrogen-bond acceptors (Lipinski definition) is 12. The molecule has 14 atom stereocenters. The van der Waals surface area contributed by atoms with Gasteiger partial charge in [0.25, 0.3) is 11.7 Å². The second-order valence-electron chi connectivity index (χ2n) is 17.5. The van der Waals surface area contributed by atoms with Crippen molar-refractivity contribution in [1.29, 1.82) is 0 Å². The Bertz CT molecular complexity index is 1500. The lowest BCUT2D eigenvalue weighted by Gasteiger charge is -2.47. The first-order chi connectivity index (χ1) is 27.5. The van der Waals surface area contributed by atoms with E-state index in [9.17, 15) is 34.2 Å². The van der Waals surface area contributed by atoms with Crippen LogP contribution in [-0.4, -0.2) is 127 Å². The molecule has 1 saturated carbocycles. The second kappa shape index (κ2) is 21.5. The highest BCUT2D eigenvalue weighted by atomic mass is 16.7. The standard InChI is InChI=1S/C44H70N2O12/c1-10-31-18-25(2)17-26(3)19-37(55-8)40-38(56-9)21-28(5)44(53,58-40)41(50)42(51)46-16-12-11-13-33(46)43(52)57-39(29(6)34(48)23-35(31)49)27(4)20-30-14-15-32(45-24-47)36(22-30)54-7/h18,20,24,26,28-34,36-40,48,53H,10-17,19,21-23H2,1-9H3,(H,45,47)/b25-18+,27-20+/t26-,28+,29+,30-,31+,32-,33-,34-,36+,37-,38-,39+,40+,44+/m0/s1. The van der Waals surface area contributed by atoms with E-state index in [1.165, 1.54) is 19.1 Å². The van der Waals surface area contributed by atoms with E-state index >= 15 is 0 Å². The molecule has 328 valence electrons. The Hall–Kier alpha value is -3.01. The van der Waals surface area contributed by atoms with Gasteiger partial charge in [-0.3, -0.25) is 19.2 Å². The van der Waals surface area contributed by atoms with Crippen molar-refractivity contribution in [2.45, 2.75) is 167 Å². The molecule has 14 nitrogen and oxygen atoms in total. The van der Waals surface area contributed by atoms with Gasteiger partial charge < -0.3 is 44.1 Å². The van der Waals surface area contributed by atoms with Gasteiger partial charge in [-0.1, -0.05) is 45.4 Å². The number of nitrogens with one attached hydrogen (secondary N) is 1. The minimum atomic E-state index is -2.51. The molecule has 58 heavy (non-hydrogen) atoms. The number of carbonyl (C=O) groups excluding carboxylic acids is 5. The number of aliphatic hydroxyl groups excluding tert-OH is 1. The zero-order valence-electron chi connectivity index (χ0n) is 36.1. The summed E-state index contributed by atoms with van der Waals surface area (Å²) in [7, 11) is 4.66. The lowest BCUT2D eigenvalue weighted by Crippen LogP contribution is -2.64. The third-order valence-corrected chi connectivity index (χ3v) is 13.2. The van der Waals surface area contributed by atoms with E-state index < -0.39 is 77.8 Å². The van der Waals surface area contributed by atoms with Crippen molar-refractivity contribution in [2.75, 3.05) is 27.9 Å². The molecular formula is C44H70N2O12. The van der Waals surface area contributed by atoms with Gasteiger partial charge in [0.2, 0.25) is 12.2 Å². The predicted octanol–water partition coefficient (Wildman–Crippen LogP) is 4.23. The molecule has 4 aliphatic rings. The molecule has 2 amide bonds. The third kappa shape index (κ3) is 11.2. The molecule has 14 heteroatoms. The summed E-state index contributed by atoms with van der Waals surface area (Å²) < 4.78 is 30.0. The zero-order valence-corrected chi connectivity index (χ0v) is 36.1. The Morgan fingerprint density at radius 1 is 0.966 bits per heavy atom. The van der Waals surface area contributed by atoms with Crippen molar-refractivity contribution in [3.63, 3.8) is 0 Å². The minimum Gasteiger partial charge on any atom is -0.456 e. The number of carbonyl (C=O) groups is 5. The molecular weight excluding hydrogens is 748 g/mol. The van der Waals surface area contributed by atoms with Crippen LogP contribution in [0.15, 0.2) is 23.3 Å². The molecule has 3 heterocycles. The topological polar surface area (TPSA) is 187 Å². The van der Waals surface area contributed by atoms with E-state index in [2.05, 4.69) is 5.32 Å². The monoisotopic (exact) mass is 818 g/mol. The Balaban J connectivity index is 1.76. The van der Waals surface area contributed by atoms with Gasteiger partial charge in [0.1, 0.15) is 24.0 Å². The highest BCUT2D eigenvalue weighted by molar-refractivity contribution is 6.39. The maximum absolute atomic E-state index is 14.3. The molecule has 1 aliphatic carbocycles. The average molecular weight is 819 g/mol. The third-order valence-electron chi connectivity index (χ3n) is 13.2. The quantitative estimate of drug-likeness (QED) is 0.137. The van der Waals surface area contributed by atoms with Gasteiger partial charge in [-0.2, -0.15) is 0 Å². The van der Waals surface area contributed by atoms with Gasteiger partial charge >= 0.3 is 5.97 Å². The summed E-state index contributed by atoms with van der Waals surface area (Å²) in [6.45, 7) is 11.2. The molecule has 4 rings (SSSR count). The highest BCUT2D eigenvalue weighted by Gasteiger charge is 2.56. The van der Waals surface area contributed by atoms with Gasteiger partial charge in [-0.05, 0) is 95.5 Å². The highest BCUT2D eigenvalue weighted by Crippen LogP contribution is 2.39. The first kappa shape index (κ1) is 47.7. The number of methoxy groups -OCH3 is 3. The van der Waals surface area contributed by atoms with E-state index in [4.69, 9.17) is 23.7 Å². The summed E-state index contributed by atoms with van der Waals surface area (Å²) in [5.41, 5.74) is 1.66. The van der Waals surface area contributed by atoms with Crippen LogP contribution in [0.25, 0.3) is 0 Å². The van der Waals surface area contributed by atoms with Gasteiger partial charge in [0.15, 0.2) is 0 Å².